The van der Waals surface area contributed by atoms with E-state index in [2.05, 4.69) is 48.5 Å². The number of para-hydroxylation sites is 1. The number of ether oxygens (including phenoxy) is 2. The van der Waals surface area contributed by atoms with Crippen molar-refractivity contribution in [1.82, 2.24) is 0 Å². The zero-order chi connectivity index (χ0) is 15.0. The van der Waals surface area contributed by atoms with Gasteiger partial charge in [0.2, 0.25) is 0 Å². The number of hydrogen-bond donors (Lipinski definition) is 0. The molecular weight excluding hydrogens is 272 g/mol. The van der Waals surface area contributed by atoms with Crippen molar-refractivity contribution < 1.29 is 9.47 Å². The van der Waals surface area contributed by atoms with Crippen LogP contribution >= 0.6 is 0 Å². The standard InChI is InChI=1S/C20H22O2/c1-21-18-12-6-5-10-16(18)20-13-7-11-17(20)19(22-14-20)15-8-3-2-4-9-15/h2-6,8-10,12,17,19H,7,11,13-14H2,1H3/t17-,19-,20+/m0/s1. The Kier molecular flexibility index (Phi) is 3.42. The monoisotopic (exact) mass is 294 g/mol. The highest BCUT2D eigenvalue weighted by Gasteiger charge is 2.54. The number of benzene rings is 2. The summed E-state index contributed by atoms with van der Waals surface area (Å²) < 4.78 is 12.0. The zero-order valence-corrected chi connectivity index (χ0v) is 13.0. The molecule has 0 unspecified atom stereocenters. The minimum Gasteiger partial charge on any atom is -0.496 e. The maximum absolute atomic E-state index is 6.31. The number of methoxy groups -OCH3 is 1. The van der Waals surface area contributed by atoms with E-state index in [9.17, 15) is 0 Å². The van der Waals surface area contributed by atoms with Crippen LogP contribution in [0.15, 0.2) is 54.6 Å². The van der Waals surface area contributed by atoms with E-state index in [1.807, 2.05) is 6.07 Å². The predicted octanol–water partition coefficient (Wildman–Crippen LogP) is 4.50. The van der Waals surface area contributed by atoms with Crippen molar-refractivity contribution in [2.45, 2.75) is 30.8 Å². The van der Waals surface area contributed by atoms with Gasteiger partial charge in [0.1, 0.15) is 5.75 Å². The minimum atomic E-state index is 0.118. The first-order valence-electron chi connectivity index (χ1n) is 8.15. The van der Waals surface area contributed by atoms with E-state index >= 15 is 0 Å². The van der Waals surface area contributed by atoms with E-state index in [0.29, 0.717) is 5.92 Å². The van der Waals surface area contributed by atoms with Crippen molar-refractivity contribution in [3.63, 3.8) is 0 Å². The van der Waals surface area contributed by atoms with Gasteiger partial charge in [-0.2, -0.15) is 0 Å². The summed E-state index contributed by atoms with van der Waals surface area (Å²) in [5.41, 5.74) is 2.76. The number of rotatable bonds is 3. The fourth-order valence-electron chi connectivity index (χ4n) is 4.51. The van der Waals surface area contributed by atoms with E-state index < -0.39 is 0 Å². The lowest BCUT2D eigenvalue weighted by Crippen LogP contribution is -2.30. The predicted molar refractivity (Wildman–Crippen MR) is 87.1 cm³/mol. The van der Waals surface area contributed by atoms with E-state index in [4.69, 9.17) is 9.47 Å². The van der Waals surface area contributed by atoms with Crippen molar-refractivity contribution in [1.29, 1.82) is 0 Å². The van der Waals surface area contributed by atoms with E-state index in [1.165, 1.54) is 30.4 Å². The Balaban J connectivity index is 1.76. The quantitative estimate of drug-likeness (QED) is 0.829. The maximum atomic E-state index is 6.31. The Morgan fingerprint density at radius 2 is 1.82 bits per heavy atom. The minimum absolute atomic E-state index is 0.118. The van der Waals surface area contributed by atoms with Crippen LogP contribution in [-0.4, -0.2) is 13.7 Å². The molecule has 2 aromatic rings. The first-order valence-corrected chi connectivity index (χ1v) is 8.15. The Hall–Kier alpha value is -1.80. The van der Waals surface area contributed by atoms with Gasteiger partial charge in [0.25, 0.3) is 0 Å². The largest absolute Gasteiger partial charge is 0.496 e. The van der Waals surface area contributed by atoms with Gasteiger partial charge in [0.05, 0.1) is 19.8 Å². The van der Waals surface area contributed by atoms with Crippen LogP contribution in [0.25, 0.3) is 0 Å². The smallest absolute Gasteiger partial charge is 0.122 e. The Morgan fingerprint density at radius 3 is 2.64 bits per heavy atom. The molecule has 1 aliphatic heterocycles. The summed E-state index contributed by atoms with van der Waals surface area (Å²) in [6.45, 7) is 0.803. The van der Waals surface area contributed by atoms with Crippen molar-refractivity contribution >= 4 is 0 Å². The average Bonchev–Trinajstić information content (AvgIpc) is 3.15. The molecule has 2 heteroatoms. The number of fused-ring (bicyclic) bond motifs is 1. The van der Waals surface area contributed by atoms with Crippen LogP contribution in [-0.2, 0) is 10.2 Å². The van der Waals surface area contributed by atoms with Gasteiger partial charge >= 0.3 is 0 Å². The summed E-state index contributed by atoms with van der Waals surface area (Å²) in [4.78, 5) is 0. The molecule has 1 aliphatic carbocycles. The molecule has 0 amide bonds. The molecule has 1 heterocycles. The lowest BCUT2D eigenvalue weighted by Gasteiger charge is -2.31. The third-order valence-corrected chi connectivity index (χ3v) is 5.51. The van der Waals surface area contributed by atoms with Crippen LogP contribution in [0.5, 0.6) is 5.75 Å². The van der Waals surface area contributed by atoms with Crippen LogP contribution < -0.4 is 4.74 Å². The molecule has 1 saturated heterocycles. The topological polar surface area (TPSA) is 18.5 Å². The molecule has 22 heavy (non-hydrogen) atoms. The first kappa shape index (κ1) is 13.8. The summed E-state index contributed by atoms with van der Waals surface area (Å²) in [5, 5.41) is 0. The van der Waals surface area contributed by atoms with Crippen molar-refractivity contribution in [3.8, 4) is 5.75 Å². The van der Waals surface area contributed by atoms with E-state index in [1.54, 1.807) is 7.11 Å². The molecule has 4 rings (SSSR count). The van der Waals surface area contributed by atoms with Gasteiger partial charge in [-0.15, -0.1) is 0 Å². The van der Waals surface area contributed by atoms with Crippen molar-refractivity contribution in [2.75, 3.05) is 13.7 Å². The van der Waals surface area contributed by atoms with Gasteiger partial charge in [-0.05, 0) is 24.5 Å². The lowest BCUT2D eigenvalue weighted by atomic mass is 9.71. The molecule has 2 aliphatic rings. The lowest BCUT2D eigenvalue weighted by molar-refractivity contribution is 0.0845. The summed E-state index contributed by atoms with van der Waals surface area (Å²) in [6, 6.07) is 19.2. The van der Waals surface area contributed by atoms with Crippen molar-refractivity contribution in [3.05, 3.63) is 65.7 Å². The molecule has 2 nitrogen and oxygen atoms in total. The fourth-order valence-corrected chi connectivity index (χ4v) is 4.51. The second-order valence-electron chi connectivity index (χ2n) is 6.50. The summed E-state index contributed by atoms with van der Waals surface area (Å²) in [7, 11) is 1.77. The first-order chi connectivity index (χ1) is 10.8. The van der Waals surface area contributed by atoms with Gasteiger partial charge in [-0.3, -0.25) is 0 Å². The third kappa shape index (κ3) is 1.98. The van der Waals surface area contributed by atoms with Crippen LogP contribution in [0.4, 0.5) is 0 Å². The Morgan fingerprint density at radius 1 is 1.05 bits per heavy atom. The number of hydrogen-bond acceptors (Lipinski definition) is 2. The van der Waals surface area contributed by atoms with Gasteiger partial charge < -0.3 is 9.47 Å². The molecule has 0 aromatic heterocycles. The molecule has 114 valence electrons. The van der Waals surface area contributed by atoms with Crippen LogP contribution in [0.3, 0.4) is 0 Å². The molecule has 0 spiro atoms. The van der Waals surface area contributed by atoms with Gasteiger partial charge in [-0.25, -0.2) is 0 Å². The maximum Gasteiger partial charge on any atom is 0.122 e. The molecule has 0 N–H and O–H groups in total. The summed E-state index contributed by atoms with van der Waals surface area (Å²) >= 11 is 0. The second-order valence-corrected chi connectivity index (χ2v) is 6.50. The van der Waals surface area contributed by atoms with E-state index in [-0.39, 0.29) is 11.5 Å². The normalized spacial score (nSPS) is 30.2. The van der Waals surface area contributed by atoms with Crippen LogP contribution in [0.2, 0.25) is 0 Å². The van der Waals surface area contributed by atoms with Gasteiger partial charge in [0, 0.05) is 16.9 Å². The second kappa shape index (κ2) is 5.44. The van der Waals surface area contributed by atoms with E-state index in [0.717, 1.165) is 12.4 Å². The molecule has 0 radical (unpaired) electrons. The highest BCUT2D eigenvalue weighted by molar-refractivity contribution is 5.43. The molecule has 2 fully saturated rings. The van der Waals surface area contributed by atoms with Crippen LogP contribution in [0.1, 0.15) is 36.5 Å². The highest BCUT2D eigenvalue weighted by Crippen LogP contribution is 2.58. The molecule has 1 saturated carbocycles. The summed E-state index contributed by atoms with van der Waals surface area (Å²) in [5.74, 6) is 1.55. The Bertz CT molecular complexity index is 652. The van der Waals surface area contributed by atoms with Crippen LogP contribution in [0, 0.1) is 5.92 Å². The SMILES string of the molecule is COc1ccccc1[C@]12CCC[C@H]1[C@H](c1ccccc1)OC2. The van der Waals surface area contributed by atoms with Gasteiger partial charge in [-0.1, -0.05) is 55.0 Å². The van der Waals surface area contributed by atoms with Crippen molar-refractivity contribution in [2.24, 2.45) is 5.92 Å². The summed E-state index contributed by atoms with van der Waals surface area (Å²) in [6.07, 6.45) is 3.92. The average molecular weight is 294 g/mol. The molecular formula is C20H22O2. The molecule has 3 atom stereocenters. The van der Waals surface area contributed by atoms with Gasteiger partial charge in [0.15, 0.2) is 0 Å². The Labute approximate surface area is 132 Å². The zero-order valence-electron chi connectivity index (χ0n) is 13.0. The highest BCUT2D eigenvalue weighted by atomic mass is 16.5. The fraction of sp³-hybridized carbons (Fsp3) is 0.400. The molecule has 2 aromatic carbocycles. The third-order valence-electron chi connectivity index (χ3n) is 5.51. The molecule has 0 bridgehead atoms.